The number of alkyl halides is 2. The van der Waals surface area contributed by atoms with E-state index in [1.165, 1.54) is 0 Å². The minimum absolute atomic E-state index is 0.672. The Kier molecular flexibility index (Phi) is 3.12. The first-order chi connectivity index (χ1) is 6.75. The Morgan fingerprint density at radius 3 is 2.40 bits per heavy atom. The number of rotatable bonds is 2. The first-order valence-electron chi connectivity index (χ1n) is 3.47. The molecule has 0 spiro atoms. The number of nitrogens with two attached hydrogens (primary N) is 1. The van der Waals surface area contributed by atoms with Crippen molar-refractivity contribution in [3.63, 3.8) is 0 Å². The second kappa shape index (κ2) is 3.87. The van der Waals surface area contributed by atoms with Gasteiger partial charge in [-0.25, -0.2) is 22.3 Å². The van der Waals surface area contributed by atoms with Gasteiger partial charge in [0.25, 0.3) is 12.0 Å². The Morgan fingerprint density at radius 1 is 1.47 bits per heavy atom. The Balaban J connectivity index is 3.64. The number of aromatic amines is 1. The number of H-pyrrole nitrogens is 1. The highest BCUT2D eigenvalue weighted by Crippen LogP contribution is 2.27. The molecule has 0 aliphatic rings. The van der Waals surface area contributed by atoms with Crippen molar-refractivity contribution in [3.05, 3.63) is 27.1 Å². The average Bonchev–Trinajstić information content (AvgIpc) is 2.00. The van der Waals surface area contributed by atoms with Crippen molar-refractivity contribution in [1.82, 2.24) is 4.98 Å². The smallest absolute Gasteiger partial charge is 0.270 e. The molecule has 9 heteroatoms. The second-order valence-electron chi connectivity index (χ2n) is 2.56. The van der Waals surface area contributed by atoms with Gasteiger partial charge in [0.05, 0.1) is 5.02 Å². The van der Waals surface area contributed by atoms with Crippen LogP contribution in [0.15, 0.2) is 15.9 Å². The highest BCUT2D eigenvalue weighted by atomic mass is 35.5. The molecule has 0 fully saturated rings. The SMILES string of the molecule is NS(=O)(=O)c1c[nH]c(=O)c(C(F)F)c1Cl. The molecular weight excluding hydrogens is 254 g/mol. The fraction of sp³-hybridized carbons (Fsp3) is 0.167. The largest absolute Gasteiger partial charge is 0.327 e. The van der Waals surface area contributed by atoms with Gasteiger partial charge in [-0.3, -0.25) is 4.79 Å². The van der Waals surface area contributed by atoms with Gasteiger partial charge in [0.1, 0.15) is 10.5 Å². The summed E-state index contributed by atoms with van der Waals surface area (Å²) in [5.74, 6) is 0. The number of nitrogens with one attached hydrogen (secondary N) is 1. The summed E-state index contributed by atoms with van der Waals surface area (Å²) in [5, 5.41) is 3.85. The van der Waals surface area contributed by atoms with Gasteiger partial charge < -0.3 is 4.98 Å². The summed E-state index contributed by atoms with van der Waals surface area (Å²) in [6.07, 6.45) is -2.51. The molecule has 0 saturated carbocycles. The molecule has 0 aliphatic heterocycles. The molecule has 1 aromatic rings. The van der Waals surface area contributed by atoms with Crippen LogP contribution in [0.25, 0.3) is 0 Å². The number of hydrogen-bond donors (Lipinski definition) is 2. The van der Waals surface area contributed by atoms with E-state index in [2.05, 4.69) is 0 Å². The van der Waals surface area contributed by atoms with Gasteiger partial charge in [0.15, 0.2) is 0 Å². The quantitative estimate of drug-likeness (QED) is 0.814. The van der Waals surface area contributed by atoms with Crippen LogP contribution in [0.5, 0.6) is 0 Å². The number of aromatic nitrogens is 1. The summed E-state index contributed by atoms with van der Waals surface area (Å²) in [7, 11) is -4.24. The molecule has 15 heavy (non-hydrogen) atoms. The normalized spacial score (nSPS) is 12.1. The van der Waals surface area contributed by atoms with Crippen LogP contribution in [-0.2, 0) is 10.0 Å². The summed E-state index contributed by atoms with van der Waals surface area (Å²) in [6.45, 7) is 0. The van der Waals surface area contributed by atoms with E-state index >= 15 is 0 Å². The van der Waals surface area contributed by atoms with Gasteiger partial charge >= 0.3 is 0 Å². The fourth-order valence-electron chi connectivity index (χ4n) is 0.907. The first-order valence-corrected chi connectivity index (χ1v) is 5.39. The minimum atomic E-state index is -4.24. The van der Waals surface area contributed by atoms with Crippen molar-refractivity contribution in [2.24, 2.45) is 5.14 Å². The van der Waals surface area contributed by atoms with E-state index in [-0.39, 0.29) is 0 Å². The third-order valence-electron chi connectivity index (χ3n) is 1.56. The Hall–Kier alpha value is -0.990. The fourth-order valence-corrected chi connectivity index (χ4v) is 2.03. The van der Waals surface area contributed by atoms with Gasteiger partial charge in [0, 0.05) is 6.20 Å². The van der Waals surface area contributed by atoms with Crippen LogP contribution in [0.3, 0.4) is 0 Å². The van der Waals surface area contributed by atoms with Gasteiger partial charge in [-0.15, -0.1) is 0 Å². The first kappa shape index (κ1) is 12.1. The van der Waals surface area contributed by atoms with Crippen molar-refractivity contribution in [2.75, 3.05) is 0 Å². The second-order valence-corrected chi connectivity index (χ2v) is 4.46. The van der Waals surface area contributed by atoms with Crippen LogP contribution in [-0.4, -0.2) is 13.4 Å². The Morgan fingerprint density at radius 2 is 2.00 bits per heavy atom. The maximum absolute atomic E-state index is 12.3. The summed E-state index contributed by atoms with van der Waals surface area (Å²) in [6, 6.07) is 0. The molecule has 0 saturated heterocycles. The Labute approximate surface area is 87.9 Å². The average molecular weight is 259 g/mol. The molecule has 84 valence electrons. The van der Waals surface area contributed by atoms with Gasteiger partial charge in [0.2, 0.25) is 10.0 Å². The van der Waals surface area contributed by atoms with E-state index in [9.17, 15) is 22.0 Å². The number of halogens is 3. The van der Waals surface area contributed by atoms with Crippen LogP contribution in [0.4, 0.5) is 8.78 Å². The van der Waals surface area contributed by atoms with Crippen molar-refractivity contribution < 1.29 is 17.2 Å². The lowest BCUT2D eigenvalue weighted by molar-refractivity contribution is 0.149. The molecule has 5 nitrogen and oxygen atoms in total. The predicted molar refractivity (Wildman–Crippen MR) is 48.4 cm³/mol. The van der Waals surface area contributed by atoms with Gasteiger partial charge in [-0.2, -0.15) is 0 Å². The monoisotopic (exact) mass is 258 g/mol. The predicted octanol–water partition coefficient (Wildman–Crippen LogP) is 0.613. The van der Waals surface area contributed by atoms with Crippen LogP contribution in [0.2, 0.25) is 5.02 Å². The van der Waals surface area contributed by atoms with Crippen LogP contribution < -0.4 is 10.7 Å². The van der Waals surface area contributed by atoms with Gasteiger partial charge in [-0.05, 0) is 0 Å². The summed E-state index contributed by atoms with van der Waals surface area (Å²) < 4.78 is 46.4. The number of pyridine rings is 1. The number of primary sulfonamides is 1. The molecule has 0 radical (unpaired) electrons. The van der Waals surface area contributed by atoms with Crippen LogP contribution >= 0.6 is 11.6 Å². The molecule has 0 aliphatic carbocycles. The van der Waals surface area contributed by atoms with E-state index in [0.29, 0.717) is 6.20 Å². The van der Waals surface area contributed by atoms with E-state index in [1.807, 2.05) is 4.98 Å². The molecule has 0 amide bonds. The zero-order valence-corrected chi connectivity index (χ0v) is 8.57. The van der Waals surface area contributed by atoms with Crippen LogP contribution in [0, 0.1) is 0 Å². The third kappa shape index (κ3) is 2.33. The molecule has 1 aromatic heterocycles. The highest BCUT2D eigenvalue weighted by molar-refractivity contribution is 7.89. The summed E-state index contributed by atoms with van der Waals surface area (Å²) in [5.41, 5.74) is -2.26. The van der Waals surface area contributed by atoms with E-state index in [0.717, 1.165) is 0 Å². The maximum atomic E-state index is 12.3. The third-order valence-corrected chi connectivity index (χ3v) is 3.01. The van der Waals surface area contributed by atoms with Crippen molar-refractivity contribution >= 4 is 21.6 Å². The molecule has 1 rings (SSSR count). The lowest BCUT2D eigenvalue weighted by atomic mass is 10.3. The van der Waals surface area contributed by atoms with Crippen molar-refractivity contribution in [1.29, 1.82) is 0 Å². The van der Waals surface area contributed by atoms with E-state index in [1.54, 1.807) is 0 Å². The molecule has 0 aromatic carbocycles. The van der Waals surface area contributed by atoms with E-state index in [4.69, 9.17) is 16.7 Å². The lowest BCUT2D eigenvalue weighted by Crippen LogP contribution is -2.20. The standard InChI is InChI=1S/C6H5ClF2N2O3S/c7-4-2(15(10,13)14)1-11-6(12)3(4)5(8)9/h1,5H,(H,11,12)(H2,10,13,14). The molecule has 0 bridgehead atoms. The summed E-state index contributed by atoms with van der Waals surface area (Å²) in [4.78, 5) is 12.0. The Bertz CT molecular complexity index is 540. The highest BCUT2D eigenvalue weighted by Gasteiger charge is 2.23. The maximum Gasteiger partial charge on any atom is 0.270 e. The minimum Gasteiger partial charge on any atom is -0.327 e. The molecular formula is C6H5ClF2N2O3S. The zero-order chi connectivity index (χ0) is 11.8. The molecule has 1 heterocycles. The van der Waals surface area contributed by atoms with E-state index < -0.39 is 37.5 Å². The molecule has 3 N–H and O–H groups in total. The number of hydrogen-bond acceptors (Lipinski definition) is 3. The number of sulfonamides is 1. The topological polar surface area (TPSA) is 93.0 Å². The van der Waals surface area contributed by atoms with Crippen LogP contribution in [0.1, 0.15) is 12.0 Å². The van der Waals surface area contributed by atoms with Crippen molar-refractivity contribution in [2.45, 2.75) is 11.3 Å². The van der Waals surface area contributed by atoms with Gasteiger partial charge in [-0.1, -0.05) is 11.6 Å². The summed E-state index contributed by atoms with van der Waals surface area (Å²) >= 11 is 5.33. The molecule has 0 atom stereocenters. The zero-order valence-electron chi connectivity index (χ0n) is 7.00. The lowest BCUT2D eigenvalue weighted by Gasteiger charge is -2.05. The molecule has 0 unspecified atom stereocenters. The van der Waals surface area contributed by atoms with Crippen molar-refractivity contribution in [3.8, 4) is 0 Å².